The van der Waals surface area contributed by atoms with Gasteiger partial charge < -0.3 is 20.3 Å². The lowest BCUT2D eigenvalue weighted by molar-refractivity contribution is 0.0963. The van der Waals surface area contributed by atoms with E-state index >= 15 is 0 Å². The summed E-state index contributed by atoms with van der Waals surface area (Å²) in [5, 5.41) is 6.80. The topological polar surface area (TPSA) is 66.0 Å². The van der Waals surface area contributed by atoms with Crippen molar-refractivity contribution in [2.24, 2.45) is 10.9 Å². The number of rotatable bonds is 7. The molecule has 0 aromatic carbocycles. The fraction of sp³-hybridized carbons (Fsp3) is 0.882. The van der Waals surface area contributed by atoms with Crippen molar-refractivity contribution in [3.05, 3.63) is 0 Å². The number of aliphatic imine (C=N–C) groups is 1. The maximum atomic E-state index is 11.7. The van der Waals surface area contributed by atoms with Crippen LogP contribution in [0.25, 0.3) is 0 Å². The largest absolute Gasteiger partial charge is 0.450 e. The monoisotopic (exact) mass is 454 g/mol. The molecule has 7 heteroatoms. The molecular weight excluding hydrogens is 419 g/mol. The minimum Gasteiger partial charge on any atom is -0.450 e. The van der Waals surface area contributed by atoms with Crippen LogP contribution in [0.4, 0.5) is 4.79 Å². The molecule has 1 heterocycles. The number of carbonyl (C=O) groups is 1. The quantitative estimate of drug-likeness (QED) is 0.268. The molecule has 0 saturated carbocycles. The normalized spacial score (nSPS) is 15.9. The Labute approximate surface area is 164 Å². The van der Waals surface area contributed by atoms with Crippen molar-refractivity contribution in [2.75, 3.05) is 32.8 Å². The third kappa shape index (κ3) is 9.54. The Balaban J connectivity index is 0.00000529. The van der Waals surface area contributed by atoms with Gasteiger partial charge in [0, 0.05) is 32.2 Å². The highest BCUT2D eigenvalue weighted by Crippen LogP contribution is 2.11. The van der Waals surface area contributed by atoms with Crippen LogP contribution in [0.2, 0.25) is 0 Å². The Morgan fingerprint density at radius 1 is 1.29 bits per heavy atom. The first-order chi connectivity index (χ1) is 11.1. The molecule has 6 nitrogen and oxygen atoms in total. The molecule has 0 radical (unpaired) electrons. The maximum absolute atomic E-state index is 11.7. The SMILES string of the molecule is CCNC(=NCCCC(C)C)NC1CCN(C(=O)OCC)CC1.I. The number of hydrogen-bond donors (Lipinski definition) is 2. The molecule has 1 amide bonds. The molecule has 1 saturated heterocycles. The summed E-state index contributed by atoms with van der Waals surface area (Å²) >= 11 is 0. The van der Waals surface area contributed by atoms with E-state index in [0.717, 1.165) is 57.3 Å². The van der Waals surface area contributed by atoms with Gasteiger partial charge in [-0.3, -0.25) is 4.99 Å². The number of ether oxygens (including phenoxy) is 1. The van der Waals surface area contributed by atoms with E-state index < -0.39 is 0 Å². The molecule has 2 N–H and O–H groups in total. The molecule has 0 aromatic rings. The van der Waals surface area contributed by atoms with Crippen molar-refractivity contribution >= 4 is 36.0 Å². The van der Waals surface area contributed by atoms with Crippen molar-refractivity contribution in [1.82, 2.24) is 15.5 Å². The Kier molecular flexibility index (Phi) is 13.1. The predicted molar refractivity (Wildman–Crippen MR) is 110 cm³/mol. The molecule has 0 spiro atoms. The van der Waals surface area contributed by atoms with Crippen LogP contribution in [0.5, 0.6) is 0 Å². The lowest BCUT2D eigenvalue weighted by atomic mass is 10.1. The third-order valence-corrected chi connectivity index (χ3v) is 3.92. The molecule has 1 aliphatic heterocycles. The van der Waals surface area contributed by atoms with Gasteiger partial charge in [0.15, 0.2) is 5.96 Å². The van der Waals surface area contributed by atoms with Gasteiger partial charge in [0.1, 0.15) is 0 Å². The van der Waals surface area contributed by atoms with Crippen LogP contribution in [-0.2, 0) is 4.74 Å². The zero-order chi connectivity index (χ0) is 17.1. The van der Waals surface area contributed by atoms with Gasteiger partial charge >= 0.3 is 6.09 Å². The van der Waals surface area contributed by atoms with Crippen molar-refractivity contribution in [2.45, 2.75) is 59.4 Å². The van der Waals surface area contributed by atoms with Gasteiger partial charge in [0.05, 0.1) is 6.61 Å². The minimum absolute atomic E-state index is 0. The Morgan fingerprint density at radius 2 is 1.96 bits per heavy atom. The minimum atomic E-state index is -0.194. The number of halogens is 1. The number of guanidine groups is 1. The van der Waals surface area contributed by atoms with E-state index in [1.54, 1.807) is 4.90 Å². The summed E-state index contributed by atoms with van der Waals surface area (Å²) in [6, 6.07) is 0.364. The van der Waals surface area contributed by atoms with E-state index in [4.69, 9.17) is 4.74 Å². The van der Waals surface area contributed by atoms with E-state index in [2.05, 4.69) is 36.4 Å². The summed E-state index contributed by atoms with van der Waals surface area (Å²) < 4.78 is 5.05. The highest BCUT2D eigenvalue weighted by atomic mass is 127. The predicted octanol–water partition coefficient (Wildman–Crippen LogP) is 3.22. The van der Waals surface area contributed by atoms with Crippen LogP contribution in [0.1, 0.15) is 53.4 Å². The summed E-state index contributed by atoms with van der Waals surface area (Å²) in [4.78, 5) is 18.1. The van der Waals surface area contributed by atoms with Gasteiger partial charge in [-0.15, -0.1) is 24.0 Å². The highest BCUT2D eigenvalue weighted by Gasteiger charge is 2.23. The second-order valence-corrected chi connectivity index (χ2v) is 6.40. The summed E-state index contributed by atoms with van der Waals surface area (Å²) in [6.45, 7) is 12.0. The number of nitrogens with one attached hydrogen (secondary N) is 2. The summed E-state index contributed by atoms with van der Waals surface area (Å²) in [5.41, 5.74) is 0. The Bertz CT molecular complexity index is 370. The first kappa shape index (κ1) is 23.3. The second kappa shape index (κ2) is 13.5. The van der Waals surface area contributed by atoms with Crippen molar-refractivity contribution < 1.29 is 9.53 Å². The first-order valence-corrected chi connectivity index (χ1v) is 9.03. The fourth-order valence-corrected chi connectivity index (χ4v) is 2.62. The summed E-state index contributed by atoms with van der Waals surface area (Å²) in [7, 11) is 0. The number of piperidine rings is 1. The zero-order valence-corrected chi connectivity index (χ0v) is 18.0. The second-order valence-electron chi connectivity index (χ2n) is 6.40. The van der Waals surface area contributed by atoms with E-state index in [9.17, 15) is 4.79 Å². The fourth-order valence-electron chi connectivity index (χ4n) is 2.62. The van der Waals surface area contributed by atoms with E-state index in [0.29, 0.717) is 12.6 Å². The number of carbonyl (C=O) groups excluding carboxylic acids is 1. The van der Waals surface area contributed by atoms with Crippen LogP contribution < -0.4 is 10.6 Å². The van der Waals surface area contributed by atoms with Crippen LogP contribution in [-0.4, -0.2) is 55.8 Å². The van der Waals surface area contributed by atoms with Gasteiger partial charge in [0.25, 0.3) is 0 Å². The number of amides is 1. The molecule has 0 unspecified atom stereocenters. The molecule has 0 atom stereocenters. The van der Waals surface area contributed by atoms with Crippen LogP contribution in [0.15, 0.2) is 4.99 Å². The lowest BCUT2D eigenvalue weighted by Crippen LogP contribution is -2.49. The van der Waals surface area contributed by atoms with E-state index in [1.807, 2.05) is 6.92 Å². The average molecular weight is 454 g/mol. The summed E-state index contributed by atoms with van der Waals surface area (Å²) in [5.74, 6) is 1.62. The van der Waals surface area contributed by atoms with Crippen LogP contribution in [0.3, 0.4) is 0 Å². The van der Waals surface area contributed by atoms with Crippen LogP contribution >= 0.6 is 24.0 Å². The first-order valence-electron chi connectivity index (χ1n) is 9.03. The number of nitrogens with zero attached hydrogens (tertiary/aromatic N) is 2. The summed E-state index contributed by atoms with van der Waals surface area (Å²) in [6.07, 6.45) is 3.99. The Morgan fingerprint density at radius 3 is 2.50 bits per heavy atom. The van der Waals surface area contributed by atoms with Crippen molar-refractivity contribution in [1.29, 1.82) is 0 Å². The van der Waals surface area contributed by atoms with E-state index in [-0.39, 0.29) is 30.1 Å². The molecule has 0 aliphatic carbocycles. The smallest absolute Gasteiger partial charge is 0.409 e. The van der Waals surface area contributed by atoms with Gasteiger partial charge in [-0.2, -0.15) is 0 Å². The molecule has 0 aromatic heterocycles. The molecule has 1 aliphatic rings. The molecule has 1 rings (SSSR count). The maximum Gasteiger partial charge on any atom is 0.409 e. The third-order valence-electron chi connectivity index (χ3n) is 3.92. The number of likely N-dealkylation sites (tertiary alicyclic amines) is 1. The Hall–Kier alpha value is -0.730. The van der Waals surface area contributed by atoms with E-state index in [1.165, 1.54) is 6.42 Å². The van der Waals surface area contributed by atoms with Gasteiger partial charge in [0.2, 0.25) is 0 Å². The number of hydrogen-bond acceptors (Lipinski definition) is 3. The molecule has 0 bridgehead atoms. The highest BCUT2D eigenvalue weighted by molar-refractivity contribution is 14.0. The lowest BCUT2D eigenvalue weighted by Gasteiger charge is -2.32. The van der Waals surface area contributed by atoms with Crippen LogP contribution in [0, 0.1) is 5.92 Å². The molecule has 142 valence electrons. The van der Waals surface area contributed by atoms with Gasteiger partial charge in [-0.25, -0.2) is 4.79 Å². The van der Waals surface area contributed by atoms with Gasteiger partial charge in [-0.05, 0) is 45.4 Å². The molecule has 24 heavy (non-hydrogen) atoms. The van der Waals surface area contributed by atoms with Crippen molar-refractivity contribution in [3.63, 3.8) is 0 Å². The zero-order valence-electron chi connectivity index (χ0n) is 15.6. The molecular formula is C17H35IN4O2. The average Bonchev–Trinajstić information content (AvgIpc) is 2.52. The van der Waals surface area contributed by atoms with Crippen molar-refractivity contribution in [3.8, 4) is 0 Å². The standard InChI is InChI=1S/C17H34N4O2.HI/c1-5-18-16(19-11-7-8-14(3)4)20-15-9-12-21(13-10-15)17(22)23-6-2;/h14-15H,5-13H2,1-4H3,(H2,18,19,20);1H. The molecule has 1 fully saturated rings. The van der Waals surface area contributed by atoms with Gasteiger partial charge in [-0.1, -0.05) is 13.8 Å².